The highest BCUT2D eigenvalue weighted by atomic mass is 15.1. The maximum atomic E-state index is 8.50. The van der Waals surface area contributed by atoms with Crippen LogP contribution in [0.3, 0.4) is 0 Å². The van der Waals surface area contributed by atoms with Crippen molar-refractivity contribution >= 4 is 0 Å². The molecule has 0 saturated heterocycles. The van der Waals surface area contributed by atoms with Crippen LogP contribution in [0, 0.1) is 17.2 Å². The van der Waals surface area contributed by atoms with Crippen LogP contribution in [-0.4, -0.2) is 24.5 Å². The second-order valence-corrected chi connectivity index (χ2v) is 2.72. The molecule has 1 unspecified atom stereocenters. The summed E-state index contributed by atoms with van der Waals surface area (Å²) in [6.45, 7) is 4.90. The van der Waals surface area contributed by atoms with Gasteiger partial charge in [-0.15, -0.1) is 0 Å². The Morgan fingerprint density at radius 1 is 1.60 bits per heavy atom. The Morgan fingerprint density at radius 3 is 2.70 bits per heavy atom. The van der Waals surface area contributed by atoms with E-state index in [4.69, 9.17) is 5.26 Å². The summed E-state index contributed by atoms with van der Waals surface area (Å²) in [5.74, 6) is 0.167. The molecule has 2 nitrogen and oxygen atoms in total. The normalized spacial score (nSPS) is 20.8. The maximum Gasteiger partial charge on any atom is 0.0666 e. The zero-order valence-electron chi connectivity index (χ0n) is 6.25. The molecular formula is C8H12N2. The van der Waals surface area contributed by atoms with E-state index in [0.717, 1.165) is 19.6 Å². The minimum Gasteiger partial charge on any atom is -0.295 e. The largest absolute Gasteiger partial charge is 0.295 e. The number of hydrogen-bond donors (Lipinski definition) is 0. The van der Waals surface area contributed by atoms with Crippen LogP contribution in [0.4, 0.5) is 0 Å². The first-order valence-electron chi connectivity index (χ1n) is 3.60. The monoisotopic (exact) mass is 136 g/mol. The SMILES string of the molecule is CC(C#N)CN1CC=CC1. The number of hydrogen-bond acceptors (Lipinski definition) is 2. The summed E-state index contributed by atoms with van der Waals surface area (Å²) in [4.78, 5) is 2.26. The van der Waals surface area contributed by atoms with Gasteiger partial charge in [0.2, 0.25) is 0 Å². The van der Waals surface area contributed by atoms with Crippen molar-refractivity contribution in [2.45, 2.75) is 6.92 Å². The smallest absolute Gasteiger partial charge is 0.0666 e. The van der Waals surface area contributed by atoms with Crippen molar-refractivity contribution in [1.29, 1.82) is 5.26 Å². The van der Waals surface area contributed by atoms with E-state index < -0.39 is 0 Å². The van der Waals surface area contributed by atoms with E-state index in [0.29, 0.717) is 0 Å². The molecule has 0 aromatic rings. The molecule has 0 aromatic carbocycles. The van der Waals surface area contributed by atoms with Gasteiger partial charge >= 0.3 is 0 Å². The molecule has 0 saturated carbocycles. The summed E-state index contributed by atoms with van der Waals surface area (Å²) >= 11 is 0. The molecule has 1 rings (SSSR count). The number of nitrogens with zero attached hydrogens (tertiary/aromatic N) is 2. The molecule has 54 valence electrons. The Kier molecular flexibility index (Phi) is 2.47. The van der Waals surface area contributed by atoms with E-state index in [-0.39, 0.29) is 5.92 Å². The summed E-state index contributed by atoms with van der Waals surface area (Å²) < 4.78 is 0. The molecule has 0 bridgehead atoms. The molecule has 0 aliphatic carbocycles. The summed E-state index contributed by atoms with van der Waals surface area (Å²) in [5, 5.41) is 8.50. The second kappa shape index (κ2) is 3.38. The Labute approximate surface area is 61.8 Å². The maximum absolute atomic E-state index is 8.50. The van der Waals surface area contributed by atoms with Gasteiger partial charge in [0.15, 0.2) is 0 Å². The Bertz CT molecular complexity index is 159. The van der Waals surface area contributed by atoms with Crippen LogP contribution in [0.25, 0.3) is 0 Å². The van der Waals surface area contributed by atoms with Gasteiger partial charge in [-0.1, -0.05) is 12.2 Å². The van der Waals surface area contributed by atoms with E-state index in [2.05, 4.69) is 23.1 Å². The van der Waals surface area contributed by atoms with Gasteiger partial charge in [-0.3, -0.25) is 4.90 Å². The molecule has 2 heteroatoms. The first-order valence-corrected chi connectivity index (χ1v) is 3.60. The lowest BCUT2D eigenvalue weighted by atomic mass is 10.2. The average molecular weight is 136 g/mol. The number of nitriles is 1. The third kappa shape index (κ3) is 1.85. The third-order valence-corrected chi connectivity index (χ3v) is 1.65. The predicted octanol–water partition coefficient (Wildman–Crippen LogP) is 1.02. The van der Waals surface area contributed by atoms with E-state index in [1.54, 1.807) is 0 Å². The first kappa shape index (κ1) is 7.30. The lowest BCUT2D eigenvalue weighted by Gasteiger charge is -2.14. The van der Waals surface area contributed by atoms with Crippen LogP contribution in [0.15, 0.2) is 12.2 Å². The summed E-state index contributed by atoms with van der Waals surface area (Å²) in [6, 6.07) is 2.22. The van der Waals surface area contributed by atoms with Gasteiger partial charge in [0.05, 0.1) is 12.0 Å². The zero-order valence-corrected chi connectivity index (χ0v) is 6.25. The molecule has 1 aliphatic heterocycles. The molecule has 1 aliphatic rings. The summed E-state index contributed by atoms with van der Waals surface area (Å²) in [6.07, 6.45) is 4.29. The van der Waals surface area contributed by atoms with Crippen LogP contribution in [0.1, 0.15) is 6.92 Å². The van der Waals surface area contributed by atoms with Crippen LogP contribution in [0.5, 0.6) is 0 Å². The van der Waals surface area contributed by atoms with Crippen molar-refractivity contribution in [2.24, 2.45) is 5.92 Å². The fraction of sp³-hybridized carbons (Fsp3) is 0.625. The highest BCUT2D eigenvalue weighted by Crippen LogP contribution is 2.02. The predicted molar refractivity (Wildman–Crippen MR) is 40.4 cm³/mol. The fourth-order valence-electron chi connectivity index (χ4n) is 1.10. The van der Waals surface area contributed by atoms with Crippen LogP contribution in [0.2, 0.25) is 0 Å². The summed E-state index contributed by atoms with van der Waals surface area (Å²) in [5.41, 5.74) is 0. The topological polar surface area (TPSA) is 27.0 Å². The van der Waals surface area contributed by atoms with E-state index in [1.165, 1.54) is 0 Å². The second-order valence-electron chi connectivity index (χ2n) is 2.72. The molecule has 0 fully saturated rings. The molecule has 1 heterocycles. The van der Waals surface area contributed by atoms with Gasteiger partial charge in [0, 0.05) is 19.6 Å². The van der Waals surface area contributed by atoms with Crippen molar-refractivity contribution in [3.63, 3.8) is 0 Å². The first-order chi connectivity index (χ1) is 4.83. The third-order valence-electron chi connectivity index (χ3n) is 1.65. The molecular weight excluding hydrogens is 124 g/mol. The number of rotatable bonds is 2. The van der Waals surface area contributed by atoms with E-state index in [9.17, 15) is 0 Å². The van der Waals surface area contributed by atoms with Crippen LogP contribution < -0.4 is 0 Å². The zero-order chi connectivity index (χ0) is 7.40. The molecule has 1 atom stereocenters. The molecule has 0 amide bonds. The fourth-order valence-corrected chi connectivity index (χ4v) is 1.10. The molecule has 0 aromatic heterocycles. The van der Waals surface area contributed by atoms with E-state index >= 15 is 0 Å². The van der Waals surface area contributed by atoms with E-state index in [1.807, 2.05) is 6.92 Å². The van der Waals surface area contributed by atoms with Gasteiger partial charge < -0.3 is 0 Å². The van der Waals surface area contributed by atoms with Crippen molar-refractivity contribution in [2.75, 3.05) is 19.6 Å². The van der Waals surface area contributed by atoms with Crippen molar-refractivity contribution < 1.29 is 0 Å². The lowest BCUT2D eigenvalue weighted by molar-refractivity contribution is 0.326. The Morgan fingerprint density at radius 2 is 2.20 bits per heavy atom. The molecule has 0 N–H and O–H groups in total. The van der Waals surface area contributed by atoms with Crippen molar-refractivity contribution in [3.8, 4) is 6.07 Å². The van der Waals surface area contributed by atoms with Gasteiger partial charge in [0.1, 0.15) is 0 Å². The molecule has 0 radical (unpaired) electrons. The Balaban J connectivity index is 2.21. The molecule has 10 heavy (non-hydrogen) atoms. The minimum atomic E-state index is 0.167. The van der Waals surface area contributed by atoms with Gasteiger partial charge in [-0.2, -0.15) is 5.26 Å². The van der Waals surface area contributed by atoms with Crippen LogP contribution in [-0.2, 0) is 0 Å². The standard InChI is InChI=1S/C8H12N2/c1-8(6-9)7-10-4-2-3-5-10/h2-3,8H,4-5,7H2,1H3. The lowest BCUT2D eigenvalue weighted by Crippen LogP contribution is -2.25. The van der Waals surface area contributed by atoms with Gasteiger partial charge in [-0.25, -0.2) is 0 Å². The van der Waals surface area contributed by atoms with Crippen molar-refractivity contribution in [3.05, 3.63) is 12.2 Å². The van der Waals surface area contributed by atoms with Gasteiger partial charge in [-0.05, 0) is 6.92 Å². The molecule has 0 spiro atoms. The van der Waals surface area contributed by atoms with Gasteiger partial charge in [0.25, 0.3) is 0 Å². The Hall–Kier alpha value is -0.810. The van der Waals surface area contributed by atoms with Crippen LogP contribution >= 0.6 is 0 Å². The van der Waals surface area contributed by atoms with Crippen molar-refractivity contribution in [1.82, 2.24) is 4.90 Å². The summed E-state index contributed by atoms with van der Waals surface area (Å²) in [7, 11) is 0. The average Bonchev–Trinajstić information content (AvgIpc) is 2.40. The highest BCUT2D eigenvalue weighted by Gasteiger charge is 2.09. The quantitative estimate of drug-likeness (QED) is 0.530. The highest BCUT2D eigenvalue weighted by molar-refractivity contribution is 4.96. The minimum absolute atomic E-state index is 0.167.